The van der Waals surface area contributed by atoms with Gasteiger partial charge < -0.3 is 5.11 Å². The first-order valence-corrected chi connectivity index (χ1v) is 7.43. The lowest BCUT2D eigenvalue weighted by Gasteiger charge is -2.27. The molecule has 0 aromatic heterocycles. The molecule has 0 bridgehead atoms. The summed E-state index contributed by atoms with van der Waals surface area (Å²) in [7, 11) is 0. The van der Waals surface area contributed by atoms with Crippen molar-refractivity contribution in [3.8, 4) is 12.3 Å². The summed E-state index contributed by atoms with van der Waals surface area (Å²) in [6.45, 7) is 4.08. The Morgan fingerprint density at radius 1 is 1.00 bits per heavy atom. The first kappa shape index (κ1) is 15.4. The van der Waals surface area contributed by atoms with E-state index in [2.05, 4.69) is 49.2 Å². The predicted molar refractivity (Wildman–Crippen MR) is 88.1 cm³/mol. The largest absolute Gasteiger partial charge is 0.391 e. The van der Waals surface area contributed by atoms with Crippen molar-refractivity contribution in [1.82, 2.24) is 0 Å². The molecule has 3 atom stereocenters. The number of hydrogen-bond donors (Lipinski definition) is 1. The lowest BCUT2D eigenvalue weighted by atomic mass is 9.80. The number of aliphatic hydroxyl groups is 1. The van der Waals surface area contributed by atoms with Crippen LogP contribution in [-0.4, -0.2) is 11.2 Å². The van der Waals surface area contributed by atoms with Crippen LogP contribution in [0.4, 0.5) is 0 Å². The van der Waals surface area contributed by atoms with Gasteiger partial charge in [-0.05, 0) is 24.5 Å². The van der Waals surface area contributed by atoms with E-state index in [4.69, 9.17) is 6.42 Å². The molecule has 2 aromatic carbocycles. The molecule has 2 aromatic rings. The topological polar surface area (TPSA) is 20.2 Å². The quantitative estimate of drug-likeness (QED) is 0.815. The molecule has 1 nitrogen and oxygen atoms in total. The summed E-state index contributed by atoms with van der Waals surface area (Å²) in [5.74, 6) is 2.50. The maximum absolute atomic E-state index is 10.8. The molecular formula is C20H22O. The zero-order chi connectivity index (χ0) is 15.2. The second kappa shape index (κ2) is 7.11. The van der Waals surface area contributed by atoms with Crippen molar-refractivity contribution in [2.24, 2.45) is 5.92 Å². The molecule has 3 unspecified atom stereocenters. The molecule has 0 aliphatic rings. The molecule has 1 N–H and O–H groups in total. The van der Waals surface area contributed by atoms with Gasteiger partial charge in [0.2, 0.25) is 0 Å². The highest BCUT2D eigenvalue weighted by Crippen LogP contribution is 2.32. The van der Waals surface area contributed by atoms with Gasteiger partial charge in [-0.25, -0.2) is 0 Å². The van der Waals surface area contributed by atoms with Crippen molar-refractivity contribution in [1.29, 1.82) is 0 Å². The van der Waals surface area contributed by atoms with E-state index in [1.165, 1.54) is 5.56 Å². The molecule has 0 amide bonds. The molecular weight excluding hydrogens is 256 g/mol. The average molecular weight is 278 g/mol. The fraction of sp³-hybridized carbons (Fsp3) is 0.300. The van der Waals surface area contributed by atoms with Crippen LogP contribution in [0.3, 0.4) is 0 Å². The summed E-state index contributed by atoms with van der Waals surface area (Å²) < 4.78 is 0. The molecule has 1 heteroatoms. The smallest absolute Gasteiger partial charge is 0.0786 e. The minimum Gasteiger partial charge on any atom is -0.391 e. The summed E-state index contributed by atoms with van der Waals surface area (Å²) in [6.07, 6.45) is 5.78. The monoisotopic (exact) mass is 278 g/mol. The number of aliphatic hydroxyl groups excluding tert-OH is 1. The molecule has 0 saturated heterocycles. The van der Waals surface area contributed by atoms with Crippen LogP contribution in [0.25, 0.3) is 0 Å². The van der Waals surface area contributed by atoms with Gasteiger partial charge in [0.1, 0.15) is 0 Å². The SMILES string of the molecule is C#CC(CC)C(O)C(c1ccccc1)c1ccc(C)cc1. The molecule has 0 heterocycles. The van der Waals surface area contributed by atoms with E-state index in [1.54, 1.807) is 0 Å². The zero-order valence-corrected chi connectivity index (χ0v) is 12.7. The Morgan fingerprint density at radius 2 is 1.57 bits per heavy atom. The number of aryl methyl sites for hydroxylation is 1. The molecule has 0 radical (unpaired) electrons. The summed E-state index contributed by atoms with van der Waals surface area (Å²) in [4.78, 5) is 0. The van der Waals surface area contributed by atoms with Gasteiger partial charge in [-0.2, -0.15) is 0 Å². The van der Waals surface area contributed by atoms with Crippen molar-refractivity contribution in [3.63, 3.8) is 0 Å². The highest BCUT2D eigenvalue weighted by molar-refractivity contribution is 5.36. The van der Waals surface area contributed by atoms with Crippen LogP contribution in [-0.2, 0) is 0 Å². The summed E-state index contributed by atoms with van der Waals surface area (Å²) in [5, 5.41) is 10.8. The Bertz CT molecular complexity index is 592. The maximum atomic E-state index is 10.8. The van der Waals surface area contributed by atoms with E-state index in [-0.39, 0.29) is 11.8 Å². The third-order valence-corrected chi connectivity index (χ3v) is 4.00. The van der Waals surface area contributed by atoms with Gasteiger partial charge in [0.15, 0.2) is 0 Å². The van der Waals surface area contributed by atoms with Crippen LogP contribution in [0.15, 0.2) is 54.6 Å². The minimum absolute atomic E-state index is 0.0900. The Balaban J connectivity index is 2.45. The second-order valence-electron chi connectivity index (χ2n) is 5.47. The van der Waals surface area contributed by atoms with Crippen molar-refractivity contribution in [3.05, 3.63) is 71.3 Å². The van der Waals surface area contributed by atoms with Crippen LogP contribution in [0.2, 0.25) is 0 Å². The lowest BCUT2D eigenvalue weighted by molar-refractivity contribution is 0.115. The van der Waals surface area contributed by atoms with Gasteiger partial charge >= 0.3 is 0 Å². The summed E-state index contributed by atoms with van der Waals surface area (Å²) in [5.41, 5.74) is 3.42. The van der Waals surface area contributed by atoms with E-state index in [0.29, 0.717) is 0 Å². The standard InChI is InChI=1S/C20H22O/c1-4-16(5-2)20(21)19(17-9-7-6-8-10-17)18-13-11-15(3)12-14-18/h1,6-14,16,19-21H,5H2,2-3H3. The van der Waals surface area contributed by atoms with Gasteiger partial charge in [-0.15, -0.1) is 12.3 Å². The molecule has 21 heavy (non-hydrogen) atoms. The summed E-state index contributed by atoms with van der Waals surface area (Å²) in [6, 6.07) is 18.4. The molecule has 0 fully saturated rings. The Morgan fingerprint density at radius 3 is 2.10 bits per heavy atom. The highest BCUT2D eigenvalue weighted by atomic mass is 16.3. The van der Waals surface area contributed by atoms with Crippen molar-refractivity contribution in [2.45, 2.75) is 32.3 Å². The fourth-order valence-corrected chi connectivity index (χ4v) is 2.71. The minimum atomic E-state index is -0.579. The average Bonchev–Trinajstić information content (AvgIpc) is 2.52. The van der Waals surface area contributed by atoms with Crippen LogP contribution >= 0.6 is 0 Å². The third-order valence-electron chi connectivity index (χ3n) is 4.00. The molecule has 0 spiro atoms. The van der Waals surface area contributed by atoms with Gasteiger partial charge in [0.25, 0.3) is 0 Å². The zero-order valence-electron chi connectivity index (χ0n) is 12.7. The second-order valence-corrected chi connectivity index (χ2v) is 5.47. The number of terminal acetylenes is 1. The Kier molecular flexibility index (Phi) is 5.20. The van der Waals surface area contributed by atoms with Gasteiger partial charge in [-0.1, -0.05) is 67.1 Å². The molecule has 0 aliphatic carbocycles. The van der Waals surface area contributed by atoms with E-state index in [0.717, 1.165) is 17.5 Å². The molecule has 2 rings (SSSR count). The van der Waals surface area contributed by atoms with Crippen molar-refractivity contribution >= 4 is 0 Å². The van der Waals surface area contributed by atoms with Crippen LogP contribution in [0.1, 0.15) is 36.0 Å². The number of benzene rings is 2. The summed E-state index contributed by atoms with van der Waals surface area (Å²) >= 11 is 0. The first-order chi connectivity index (χ1) is 10.2. The van der Waals surface area contributed by atoms with Crippen LogP contribution in [0.5, 0.6) is 0 Å². The van der Waals surface area contributed by atoms with E-state index >= 15 is 0 Å². The van der Waals surface area contributed by atoms with Gasteiger partial charge in [0.05, 0.1) is 6.10 Å². The fourth-order valence-electron chi connectivity index (χ4n) is 2.71. The van der Waals surface area contributed by atoms with E-state index in [1.807, 2.05) is 25.1 Å². The van der Waals surface area contributed by atoms with Crippen molar-refractivity contribution < 1.29 is 5.11 Å². The van der Waals surface area contributed by atoms with E-state index < -0.39 is 6.10 Å². The van der Waals surface area contributed by atoms with Crippen LogP contribution < -0.4 is 0 Å². The van der Waals surface area contributed by atoms with Gasteiger partial charge in [-0.3, -0.25) is 0 Å². The van der Waals surface area contributed by atoms with E-state index in [9.17, 15) is 5.11 Å². The van der Waals surface area contributed by atoms with Crippen LogP contribution in [0, 0.1) is 25.2 Å². The molecule has 0 saturated carbocycles. The molecule has 108 valence electrons. The first-order valence-electron chi connectivity index (χ1n) is 7.43. The Hall–Kier alpha value is -2.04. The Labute approximate surface area is 127 Å². The number of hydrogen-bond acceptors (Lipinski definition) is 1. The number of rotatable bonds is 5. The van der Waals surface area contributed by atoms with Crippen molar-refractivity contribution in [2.75, 3.05) is 0 Å². The highest BCUT2D eigenvalue weighted by Gasteiger charge is 2.28. The lowest BCUT2D eigenvalue weighted by Crippen LogP contribution is -2.27. The maximum Gasteiger partial charge on any atom is 0.0786 e. The van der Waals surface area contributed by atoms with Gasteiger partial charge in [0, 0.05) is 11.8 Å². The predicted octanol–water partition coefficient (Wildman–Crippen LogP) is 4.15. The normalized spacial score (nSPS) is 15.0. The third kappa shape index (κ3) is 3.54. The molecule has 0 aliphatic heterocycles.